The lowest BCUT2D eigenvalue weighted by atomic mass is 9.73. The summed E-state index contributed by atoms with van der Waals surface area (Å²) in [7, 11) is 0. The summed E-state index contributed by atoms with van der Waals surface area (Å²) in [4.78, 5) is 25.4. The second-order valence-electron chi connectivity index (χ2n) is 10.3. The molecule has 0 aromatic heterocycles. The van der Waals surface area contributed by atoms with E-state index in [0.717, 1.165) is 22.3 Å². The molecule has 0 aliphatic rings. The zero-order valence-corrected chi connectivity index (χ0v) is 24.1. The second kappa shape index (κ2) is 13.6. The third-order valence-electron chi connectivity index (χ3n) is 7.09. The summed E-state index contributed by atoms with van der Waals surface area (Å²) >= 11 is 0. The molecule has 4 aromatic carbocycles. The fourth-order valence-corrected chi connectivity index (χ4v) is 4.94. The number of allylic oxidation sites excluding steroid dienone is 4. The maximum atomic E-state index is 12.7. The number of carbonyl (C=O) groups is 2. The molecule has 4 rings (SSSR count). The van der Waals surface area contributed by atoms with E-state index in [4.69, 9.17) is 9.47 Å². The number of rotatable bonds is 10. The van der Waals surface area contributed by atoms with E-state index in [-0.39, 0.29) is 11.9 Å². The predicted molar refractivity (Wildman–Crippen MR) is 165 cm³/mol. The molecular weight excluding hydrogens is 508 g/mol. The summed E-state index contributed by atoms with van der Waals surface area (Å²) in [6.45, 7) is 8.38. The monoisotopic (exact) mass is 544 g/mol. The summed E-state index contributed by atoms with van der Waals surface area (Å²) in [5.74, 6) is 0.248. The first-order valence-corrected chi connectivity index (χ1v) is 13.9. The van der Waals surface area contributed by atoms with Crippen molar-refractivity contribution in [2.45, 2.75) is 46.0 Å². The number of carbonyl (C=O) groups excluding carboxylic acids is 2. The van der Waals surface area contributed by atoms with Crippen molar-refractivity contribution in [1.82, 2.24) is 0 Å². The molecule has 0 aliphatic heterocycles. The van der Waals surface area contributed by atoms with Crippen LogP contribution < -0.4 is 9.47 Å². The van der Waals surface area contributed by atoms with Gasteiger partial charge in [0.25, 0.3) is 0 Å². The molecule has 0 aliphatic carbocycles. The molecule has 0 spiro atoms. The lowest BCUT2D eigenvalue weighted by molar-refractivity contribution is 0.0725. The number of benzene rings is 4. The van der Waals surface area contributed by atoms with Crippen LogP contribution in [-0.2, 0) is 18.3 Å². The number of ether oxygens (including phenoxy) is 2. The van der Waals surface area contributed by atoms with Crippen LogP contribution >= 0.6 is 0 Å². The van der Waals surface area contributed by atoms with Crippen LogP contribution in [0.4, 0.5) is 0 Å². The Morgan fingerprint density at radius 3 is 1.37 bits per heavy atom. The van der Waals surface area contributed by atoms with Gasteiger partial charge in [-0.1, -0.05) is 86.7 Å². The standard InChI is InChI=1S/C37H36O4/c1-5-7-15-29-25-31(40-35(38)27-17-11-9-12-18-27)21-23-33(29)37(3,4)34-24-22-32(26-30(34)16-8-6-2)41-36(39)28-19-13-10-14-20-28/h5-14,17-26H,15-16H2,1-4H3. The predicted octanol–water partition coefficient (Wildman–Crippen LogP) is 8.69. The van der Waals surface area contributed by atoms with Gasteiger partial charge in [-0.3, -0.25) is 0 Å². The lowest BCUT2D eigenvalue weighted by Gasteiger charge is -2.31. The molecule has 0 atom stereocenters. The molecule has 0 bridgehead atoms. The smallest absolute Gasteiger partial charge is 0.343 e. The lowest BCUT2D eigenvalue weighted by Crippen LogP contribution is -2.23. The SMILES string of the molecule is CC=CCc1cc(OC(=O)c2ccccc2)ccc1C(C)(C)c1ccc(OC(=O)c2ccccc2)cc1CC=CC. The first-order chi connectivity index (χ1) is 19.8. The molecule has 0 N–H and O–H groups in total. The average Bonchev–Trinajstić information content (AvgIpc) is 2.99. The Morgan fingerprint density at radius 2 is 1.00 bits per heavy atom. The largest absolute Gasteiger partial charge is 0.423 e. The third-order valence-corrected chi connectivity index (χ3v) is 7.09. The van der Waals surface area contributed by atoms with Crippen molar-refractivity contribution in [3.8, 4) is 11.5 Å². The van der Waals surface area contributed by atoms with E-state index >= 15 is 0 Å². The molecule has 0 saturated heterocycles. The summed E-state index contributed by atoms with van der Waals surface area (Å²) in [5, 5.41) is 0. The molecule has 4 heteroatoms. The minimum atomic E-state index is -0.391. The number of hydrogen-bond acceptors (Lipinski definition) is 4. The highest BCUT2D eigenvalue weighted by Gasteiger charge is 2.29. The van der Waals surface area contributed by atoms with Gasteiger partial charge in [-0.05, 0) is 97.5 Å². The summed E-state index contributed by atoms with van der Waals surface area (Å²) in [6.07, 6.45) is 9.64. The summed E-state index contributed by atoms with van der Waals surface area (Å²) in [6, 6.07) is 29.7. The highest BCUT2D eigenvalue weighted by Crippen LogP contribution is 2.39. The minimum Gasteiger partial charge on any atom is -0.423 e. The van der Waals surface area contributed by atoms with E-state index in [1.54, 1.807) is 24.3 Å². The van der Waals surface area contributed by atoms with E-state index in [1.807, 2.05) is 86.7 Å². The van der Waals surface area contributed by atoms with Crippen LogP contribution in [0.15, 0.2) is 121 Å². The zero-order valence-electron chi connectivity index (χ0n) is 24.1. The fraction of sp³-hybridized carbons (Fsp3) is 0.189. The molecule has 0 heterocycles. The molecule has 41 heavy (non-hydrogen) atoms. The van der Waals surface area contributed by atoms with Crippen molar-refractivity contribution < 1.29 is 19.1 Å². The van der Waals surface area contributed by atoms with E-state index < -0.39 is 5.41 Å². The third kappa shape index (κ3) is 7.29. The molecule has 0 saturated carbocycles. The molecule has 0 fully saturated rings. The van der Waals surface area contributed by atoms with Gasteiger partial charge < -0.3 is 9.47 Å². The highest BCUT2D eigenvalue weighted by atomic mass is 16.5. The summed E-state index contributed by atoms with van der Waals surface area (Å²) in [5.41, 5.74) is 5.03. The molecule has 4 aromatic rings. The molecular formula is C37H36O4. The maximum absolute atomic E-state index is 12.7. The van der Waals surface area contributed by atoms with Crippen LogP contribution in [0.5, 0.6) is 11.5 Å². The van der Waals surface area contributed by atoms with E-state index in [0.29, 0.717) is 35.5 Å². The van der Waals surface area contributed by atoms with Crippen LogP contribution in [0, 0.1) is 0 Å². The normalized spacial score (nSPS) is 11.6. The van der Waals surface area contributed by atoms with E-state index in [9.17, 15) is 9.59 Å². The van der Waals surface area contributed by atoms with Gasteiger partial charge in [0, 0.05) is 5.41 Å². The quantitative estimate of drug-likeness (QED) is 0.114. The zero-order chi connectivity index (χ0) is 29.2. The van der Waals surface area contributed by atoms with Crippen molar-refractivity contribution >= 4 is 11.9 Å². The van der Waals surface area contributed by atoms with Gasteiger partial charge in [0.05, 0.1) is 11.1 Å². The van der Waals surface area contributed by atoms with Crippen molar-refractivity contribution in [2.24, 2.45) is 0 Å². The van der Waals surface area contributed by atoms with E-state index in [1.165, 1.54) is 0 Å². The van der Waals surface area contributed by atoms with Crippen LogP contribution in [0.2, 0.25) is 0 Å². The molecule has 4 nitrogen and oxygen atoms in total. The van der Waals surface area contributed by atoms with Crippen molar-refractivity contribution in [1.29, 1.82) is 0 Å². The molecule has 0 unspecified atom stereocenters. The van der Waals surface area contributed by atoms with Gasteiger partial charge >= 0.3 is 11.9 Å². The van der Waals surface area contributed by atoms with Crippen LogP contribution in [0.3, 0.4) is 0 Å². The Morgan fingerprint density at radius 1 is 0.610 bits per heavy atom. The second-order valence-corrected chi connectivity index (χ2v) is 10.3. The minimum absolute atomic E-state index is 0.385. The van der Waals surface area contributed by atoms with Crippen molar-refractivity contribution in [3.63, 3.8) is 0 Å². The Kier molecular flexibility index (Phi) is 9.70. The van der Waals surface area contributed by atoms with E-state index in [2.05, 4.69) is 38.1 Å². The van der Waals surface area contributed by atoms with Crippen LogP contribution in [0.25, 0.3) is 0 Å². The number of esters is 2. The van der Waals surface area contributed by atoms with Gasteiger partial charge in [-0.15, -0.1) is 0 Å². The molecule has 0 radical (unpaired) electrons. The number of hydrogen-bond donors (Lipinski definition) is 0. The first-order valence-electron chi connectivity index (χ1n) is 13.9. The van der Waals surface area contributed by atoms with Gasteiger partial charge in [0.1, 0.15) is 11.5 Å². The van der Waals surface area contributed by atoms with Gasteiger partial charge in [0.2, 0.25) is 0 Å². The van der Waals surface area contributed by atoms with Crippen LogP contribution in [0.1, 0.15) is 70.7 Å². The Labute approximate surface area is 243 Å². The van der Waals surface area contributed by atoms with Crippen LogP contribution in [-0.4, -0.2) is 11.9 Å². The Hall–Kier alpha value is -4.70. The topological polar surface area (TPSA) is 52.6 Å². The average molecular weight is 545 g/mol. The van der Waals surface area contributed by atoms with Gasteiger partial charge in [-0.25, -0.2) is 9.59 Å². The van der Waals surface area contributed by atoms with Gasteiger partial charge in [-0.2, -0.15) is 0 Å². The fourth-order valence-electron chi connectivity index (χ4n) is 4.94. The molecule has 208 valence electrons. The molecule has 0 amide bonds. The Bertz CT molecular complexity index is 1430. The summed E-state index contributed by atoms with van der Waals surface area (Å²) < 4.78 is 11.5. The maximum Gasteiger partial charge on any atom is 0.343 e. The first kappa shape index (κ1) is 29.3. The van der Waals surface area contributed by atoms with Gasteiger partial charge in [0.15, 0.2) is 0 Å². The van der Waals surface area contributed by atoms with Crippen molar-refractivity contribution in [2.75, 3.05) is 0 Å². The van der Waals surface area contributed by atoms with Crippen molar-refractivity contribution in [3.05, 3.63) is 155 Å². The highest BCUT2D eigenvalue weighted by molar-refractivity contribution is 5.91. The Balaban J connectivity index is 1.69.